The molecule has 150 valence electrons. The minimum atomic E-state index is -0.430. The molecule has 0 saturated carbocycles. The maximum atomic E-state index is 12.5. The normalized spacial score (nSPS) is 12.4. The lowest BCUT2D eigenvalue weighted by atomic mass is 9.86. The van der Waals surface area contributed by atoms with E-state index in [0.717, 1.165) is 16.1 Å². The largest absolute Gasteiger partial charge is 0.298 e. The van der Waals surface area contributed by atoms with Crippen LogP contribution in [0.5, 0.6) is 0 Å². The third kappa shape index (κ3) is 5.06. The quantitative estimate of drug-likeness (QED) is 0.453. The number of carbonyl (C=O) groups excluding carboxylic acids is 1. The topological polar surface area (TPSA) is 85.1 Å². The van der Waals surface area contributed by atoms with Crippen molar-refractivity contribution in [2.75, 3.05) is 11.9 Å². The van der Waals surface area contributed by atoms with E-state index in [1.165, 1.54) is 11.3 Å². The van der Waals surface area contributed by atoms with Crippen LogP contribution in [0.1, 0.15) is 53.2 Å². The van der Waals surface area contributed by atoms with Crippen molar-refractivity contribution in [3.63, 3.8) is 0 Å². The molecular formula is C22H23N3O3S. The van der Waals surface area contributed by atoms with Crippen LogP contribution in [0.15, 0.2) is 60.7 Å². The second-order valence-corrected chi connectivity index (χ2v) is 8.81. The van der Waals surface area contributed by atoms with Crippen LogP contribution in [0.2, 0.25) is 0 Å². The molecule has 2 aromatic carbocycles. The van der Waals surface area contributed by atoms with E-state index in [0.29, 0.717) is 10.7 Å². The van der Waals surface area contributed by atoms with Gasteiger partial charge in [0, 0.05) is 20.8 Å². The van der Waals surface area contributed by atoms with Gasteiger partial charge in [-0.25, -0.2) is 4.98 Å². The summed E-state index contributed by atoms with van der Waals surface area (Å²) in [4.78, 5) is 29.1. The predicted octanol–water partition coefficient (Wildman–Crippen LogP) is 5.10. The number of amides is 1. The molecule has 0 radical (unpaired) electrons. The summed E-state index contributed by atoms with van der Waals surface area (Å²) in [5.74, 6) is -0.683. The summed E-state index contributed by atoms with van der Waals surface area (Å²) >= 11 is 1.31. The van der Waals surface area contributed by atoms with Gasteiger partial charge < -0.3 is 0 Å². The third-order valence-corrected chi connectivity index (χ3v) is 5.55. The molecule has 1 unspecified atom stereocenters. The average Bonchev–Trinajstić information content (AvgIpc) is 3.11. The molecule has 3 rings (SSSR count). The molecule has 1 aromatic heterocycles. The molecule has 3 aromatic rings. The van der Waals surface area contributed by atoms with Gasteiger partial charge in [-0.1, -0.05) is 69.3 Å². The fourth-order valence-corrected chi connectivity index (χ4v) is 4.38. The van der Waals surface area contributed by atoms with Gasteiger partial charge in [0.15, 0.2) is 5.13 Å². The SMILES string of the molecule is CC(C)(C)c1nc(NC(=O)c2ccccc2)sc1C(C[N+](=O)[O-])c1ccccc1. The fraction of sp³-hybridized carbons (Fsp3) is 0.273. The first kappa shape index (κ1) is 20.7. The zero-order valence-electron chi connectivity index (χ0n) is 16.6. The molecule has 1 N–H and O–H groups in total. The number of nitrogens with one attached hydrogen (secondary N) is 1. The molecule has 7 heteroatoms. The smallest absolute Gasteiger partial charge is 0.257 e. The Morgan fingerprint density at radius 1 is 1.10 bits per heavy atom. The van der Waals surface area contributed by atoms with E-state index in [2.05, 4.69) is 10.3 Å². The van der Waals surface area contributed by atoms with Crippen molar-refractivity contribution in [3.8, 4) is 0 Å². The molecule has 0 bridgehead atoms. The fourth-order valence-electron chi connectivity index (χ4n) is 3.09. The van der Waals surface area contributed by atoms with Gasteiger partial charge in [0.1, 0.15) is 0 Å². The summed E-state index contributed by atoms with van der Waals surface area (Å²) in [7, 11) is 0. The second-order valence-electron chi connectivity index (χ2n) is 7.78. The predicted molar refractivity (Wildman–Crippen MR) is 115 cm³/mol. The number of nitro groups is 1. The van der Waals surface area contributed by atoms with Crippen LogP contribution in [0.25, 0.3) is 0 Å². The van der Waals surface area contributed by atoms with E-state index >= 15 is 0 Å². The van der Waals surface area contributed by atoms with Crippen LogP contribution in [-0.4, -0.2) is 22.4 Å². The Hall–Kier alpha value is -3.06. The molecule has 0 spiro atoms. The number of benzene rings is 2. The van der Waals surface area contributed by atoms with Gasteiger partial charge in [-0.05, 0) is 17.7 Å². The number of hydrogen-bond acceptors (Lipinski definition) is 5. The molecule has 0 saturated heterocycles. The van der Waals surface area contributed by atoms with Crippen molar-refractivity contribution in [1.82, 2.24) is 4.98 Å². The van der Waals surface area contributed by atoms with Crippen molar-refractivity contribution in [3.05, 3.63) is 92.5 Å². The van der Waals surface area contributed by atoms with Gasteiger partial charge in [0.05, 0.1) is 11.6 Å². The van der Waals surface area contributed by atoms with E-state index in [9.17, 15) is 14.9 Å². The summed E-state index contributed by atoms with van der Waals surface area (Å²) in [6, 6.07) is 18.3. The van der Waals surface area contributed by atoms with Crippen LogP contribution in [0.3, 0.4) is 0 Å². The maximum absolute atomic E-state index is 12.5. The van der Waals surface area contributed by atoms with Gasteiger partial charge >= 0.3 is 0 Å². The first-order valence-electron chi connectivity index (χ1n) is 9.30. The number of aromatic nitrogens is 1. The molecule has 0 fully saturated rings. The Balaban J connectivity index is 2.02. The lowest BCUT2D eigenvalue weighted by molar-refractivity contribution is -0.481. The highest BCUT2D eigenvalue weighted by molar-refractivity contribution is 7.16. The Morgan fingerprint density at radius 2 is 1.69 bits per heavy atom. The minimum absolute atomic E-state index is 0.235. The van der Waals surface area contributed by atoms with Crippen molar-refractivity contribution >= 4 is 22.4 Å². The maximum Gasteiger partial charge on any atom is 0.257 e. The molecule has 0 aliphatic carbocycles. The lowest BCUT2D eigenvalue weighted by Gasteiger charge is -2.21. The van der Waals surface area contributed by atoms with Crippen LogP contribution in [-0.2, 0) is 5.41 Å². The zero-order chi connectivity index (χ0) is 21.0. The van der Waals surface area contributed by atoms with Gasteiger partial charge in [-0.2, -0.15) is 0 Å². The van der Waals surface area contributed by atoms with E-state index in [1.807, 2.05) is 57.2 Å². The highest BCUT2D eigenvalue weighted by Crippen LogP contribution is 2.39. The number of hydrogen-bond donors (Lipinski definition) is 1. The van der Waals surface area contributed by atoms with Crippen LogP contribution < -0.4 is 5.32 Å². The first-order chi connectivity index (χ1) is 13.8. The van der Waals surface area contributed by atoms with Gasteiger partial charge in [0.2, 0.25) is 6.54 Å². The van der Waals surface area contributed by atoms with Crippen molar-refractivity contribution < 1.29 is 9.72 Å². The average molecular weight is 410 g/mol. The summed E-state index contributed by atoms with van der Waals surface area (Å²) in [6.07, 6.45) is 0. The summed E-state index contributed by atoms with van der Waals surface area (Å²) < 4.78 is 0. The van der Waals surface area contributed by atoms with Crippen molar-refractivity contribution in [1.29, 1.82) is 0 Å². The number of anilines is 1. The lowest BCUT2D eigenvalue weighted by Crippen LogP contribution is -2.20. The third-order valence-electron chi connectivity index (χ3n) is 4.47. The number of rotatable bonds is 6. The van der Waals surface area contributed by atoms with E-state index in [4.69, 9.17) is 0 Å². The minimum Gasteiger partial charge on any atom is -0.298 e. The van der Waals surface area contributed by atoms with Crippen LogP contribution in [0.4, 0.5) is 5.13 Å². The number of carbonyl (C=O) groups is 1. The molecule has 1 amide bonds. The van der Waals surface area contributed by atoms with E-state index < -0.39 is 5.92 Å². The van der Waals surface area contributed by atoms with Crippen LogP contribution in [0, 0.1) is 10.1 Å². The molecule has 1 heterocycles. The molecular weight excluding hydrogens is 386 g/mol. The highest BCUT2D eigenvalue weighted by atomic mass is 32.1. The van der Waals surface area contributed by atoms with Crippen molar-refractivity contribution in [2.24, 2.45) is 0 Å². The number of nitrogens with zero attached hydrogens (tertiary/aromatic N) is 2. The van der Waals surface area contributed by atoms with E-state index in [-0.39, 0.29) is 22.8 Å². The summed E-state index contributed by atoms with van der Waals surface area (Å²) in [5.41, 5.74) is 1.83. The monoisotopic (exact) mass is 409 g/mol. The summed E-state index contributed by atoms with van der Waals surface area (Å²) in [5, 5.41) is 14.7. The number of thiazole rings is 1. The Labute approximate surface area is 173 Å². The highest BCUT2D eigenvalue weighted by Gasteiger charge is 2.32. The molecule has 0 aliphatic heterocycles. The standard InChI is InChI=1S/C22H23N3O3S/c1-22(2,3)19-18(17(14-25(27)28)15-10-6-4-7-11-15)29-21(23-19)24-20(26)16-12-8-5-9-13-16/h4-13,17H,14H2,1-3H3,(H,23,24,26). The molecule has 0 aliphatic rings. The van der Waals surface area contributed by atoms with E-state index in [1.54, 1.807) is 24.3 Å². The molecule has 29 heavy (non-hydrogen) atoms. The zero-order valence-corrected chi connectivity index (χ0v) is 17.4. The first-order valence-corrected chi connectivity index (χ1v) is 10.1. The Bertz CT molecular complexity index is 995. The molecule has 6 nitrogen and oxygen atoms in total. The Morgan fingerprint density at radius 3 is 2.24 bits per heavy atom. The van der Waals surface area contributed by atoms with Crippen LogP contribution >= 0.6 is 11.3 Å². The molecule has 1 atom stereocenters. The van der Waals surface area contributed by atoms with Gasteiger partial charge in [0.25, 0.3) is 5.91 Å². The summed E-state index contributed by atoms with van der Waals surface area (Å²) in [6.45, 7) is 5.81. The van der Waals surface area contributed by atoms with Gasteiger partial charge in [-0.3, -0.25) is 20.2 Å². The van der Waals surface area contributed by atoms with Crippen molar-refractivity contribution in [2.45, 2.75) is 32.1 Å². The second kappa shape index (κ2) is 8.53. The Kier molecular flexibility index (Phi) is 6.08. The van der Waals surface area contributed by atoms with Gasteiger partial charge in [-0.15, -0.1) is 11.3 Å².